The maximum absolute atomic E-state index is 12.0. The molecule has 0 radical (unpaired) electrons. The van der Waals surface area contributed by atoms with Crippen LogP contribution in [0.1, 0.15) is 111 Å². The van der Waals surface area contributed by atoms with E-state index < -0.39 is 16.1 Å². The number of nitrogens with one attached hydrogen (secondary N) is 2. The zero-order chi connectivity index (χ0) is 26.6. The lowest BCUT2D eigenvalue weighted by molar-refractivity contribution is -0.152. The van der Waals surface area contributed by atoms with Crippen LogP contribution in [-0.4, -0.2) is 37.5 Å². The first-order valence-corrected chi connectivity index (χ1v) is 17.0. The fourth-order valence-electron chi connectivity index (χ4n) is 10.4. The van der Waals surface area contributed by atoms with E-state index >= 15 is 0 Å². The van der Waals surface area contributed by atoms with Gasteiger partial charge in [-0.2, -0.15) is 0 Å². The van der Waals surface area contributed by atoms with Crippen LogP contribution in [0.15, 0.2) is 0 Å². The van der Waals surface area contributed by atoms with Crippen LogP contribution in [0, 0.1) is 52.3 Å². The van der Waals surface area contributed by atoms with Gasteiger partial charge in [0.1, 0.15) is 0 Å². The predicted molar refractivity (Wildman–Crippen MR) is 147 cm³/mol. The van der Waals surface area contributed by atoms with Crippen molar-refractivity contribution in [3.8, 4) is 0 Å². The fraction of sp³-hybridized carbons (Fsp3) is 0.967. The fourth-order valence-corrected chi connectivity index (χ4v) is 11.6. The maximum atomic E-state index is 12.0. The van der Waals surface area contributed by atoms with E-state index in [0.29, 0.717) is 42.1 Å². The summed E-state index contributed by atoms with van der Waals surface area (Å²) in [4.78, 5) is 12.0. The van der Waals surface area contributed by atoms with Gasteiger partial charge in [-0.1, -0.05) is 34.1 Å². The van der Waals surface area contributed by atoms with E-state index in [1.165, 1.54) is 44.9 Å². The Morgan fingerprint density at radius 3 is 2.38 bits per heavy atom. The summed E-state index contributed by atoms with van der Waals surface area (Å²) in [5, 5.41) is 12.9. The average Bonchev–Trinajstić information content (AvgIpc) is 3.64. The Hall–Kier alpha value is -0.820. The molecule has 5 aliphatic carbocycles. The van der Waals surface area contributed by atoms with Crippen molar-refractivity contribution in [2.75, 3.05) is 6.54 Å². The van der Waals surface area contributed by atoms with E-state index in [9.17, 15) is 18.3 Å². The summed E-state index contributed by atoms with van der Waals surface area (Å²) in [5.41, 5.74) is 0.826. The Bertz CT molecular complexity index is 951. The molecule has 0 aromatic carbocycles. The van der Waals surface area contributed by atoms with Gasteiger partial charge < -0.3 is 10.4 Å². The minimum atomic E-state index is -3.48. The second-order valence-corrected chi connectivity index (χ2v) is 16.2. The van der Waals surface area contributed by atoms with Crippen molar-refractivity contribution in [1.29, 1.82) is 0 Å². The van der Waals surface area contributed by atoms with Crippen molar-refractivity contribution in [2.24, 2.45) is 52.3 Å². The number of aliphatic hydroxyl groups excluding tert-OH is 1. The minimum absolute atomic E-state index is 0.0857. The Labute approximate surface area is 225 Å². The van der Waals surface area contributed by atoms with Crippen LogP contribution >= 0.6 is 0 Å². The summed E-state index contributed by atoms with van der Waals surface area (Å²) in [5.74, 6) is 5.32. The molecule has 0 saturated heterocycles. The normalized spacial score (nSPS) is 44.3. The molecule has 5 rings (SSSR count). The number of amides is 2. The molecule has 5 aliphatic rings. The van der Waals surface area contributed by atoms with Gasteiger partial charge in [0.15, 0.2) is 0 Å². The third-order valence-corrected chi connectivity index (χ3v) is 14.2. The van der Waals surface area contributed by atoms with Crippen LogP contribution in [-0.2, 0) is 10.0 Å². The quantitative estimate of drug-likeness (QED) is 0.339. The zero-order valence-electron chi connectivity index (χ0n) is 23.7. The molecular weight excluding hydrogens is 484 g/mol. The van der Waals surface area contributed by atoms with E-state index in [1.54, 1.807) is 0 Å². The predicted octanol–water partition coefficient (Wildman–Crippen LogP) is 5.85. The maximum Gasteiger partial charge on any atom is 0.328 e. The summed E-state index contributed by atoms with van der Waals surface area (Å²) in [6, 6.07) is -0.574. The number of rotatable bonds is 8. The van der Waals surface area contributed by atoms with Gasteiger partial charge in [-0.25, -0.2) is 17.9 Å². The third kappa shape index (κ3) is 5.10. The molecule has 0 spiro atoms. The van der Waals surface area contributed by atoms with Crippen molar-refractivity contribution in [2.45, 2.75) is 123 Å². The van der Waals surface area contributed by atoms with Gasteiger partial charge in [-0.3, -0.25) is 0 Å². The number of urea groups is 1. The van der Waals surface area contributed by atoms with Crippen molar-refractivity contribution in [3.05, 3.63) is 0 Å². The molecule has 7 heteroatoms. The van der Waals surface area contributed by atoms with Gasteiger partial charge in [0.05, 0.1) is 11.4 Å². The Balaban J connectivity index is 1.17. The van der Waals surface area contributed by atoms with Gasteiger partial charge in [-0.05, 0) is 129 Å². The van der Waals surface area contributed by atoms with Gasteiger partial charge >= 0.3 is 6.03 Å². The first-order valence-electron chi connectivity index (χ1n) is 15.5. The standard InChI is InChI=1S/C30H52N2O4S/c1-5-20-17-23-25-11-10-24(19(2)7-6-16-31-28(34)32-37(35,36)22-8-9-22)29(25,3)15-13-26(23)30(4)14-12-21(33)18-27(20)30/h19-27,33H,5-18H2,1-4H3,(H2,31,32,34)/t19?,20-,21+,23?,24+,25-,26-,27?,29?,30?/m0/s1. The first-order chi connectivity index (χ1) is 17.5. The van der Waals surface area contributed by atoms with Crippen molar-refractivity contribution < 1.29 is 18.3 Å². The second-order valence-electron chi connectivity index (χ2n) is 14.3. The SMILES string of the molecule is CC[C@H]1CC2[C@H](CCC3(C)[C@@H](C(C)CCCNC(=O)NS(=O)(=O)C4CC4)CC[C@@H]23)C2(C)CC[C@@H](O)CC12. The third-order valence-electron chi connectivity index (χ3n) is 12.4. The van der Waals surface area contributed by atoms with Crippen LogP contribution in [0.5, 0.6) is 0 Å². The molecule has 10 atom stereocenters. The Morgan fingerprint density at radius 1 is 0.973 bits per heavy atom. The monoisotopic (exact) mass is 536 g/mol. The average molecular weight is 537 g/mol. The second kappa shape index (κ2) is 10.3. The summed E-state index contributed by atoms with van der Waals surface area (Å²) < 4.78 is 26.1. The highest BCUT2D eigenvalue weighted by Crippen LogP contribution is 2.69. The molecule has 0 aromatic heterocycles. The lowest BCUT2D eigenvalue weighted by atomic mass is 9.42. The highest BCUT2D eigenvalue weighted by Gasteiger charge is 2.62. The van der Waals surface area contributed by atoms with Crippen LogP contribution in [0.2, 0.25) is 0 Å². The molecule has 6 nitrogen and oxygen atoms in total. The molecule has 37 heavy (non-hydrogen) atoms. The first kappa shape index (κ1) is 27.7. The number of carbonyl (C=O) groups is 1. The molecule has 5 saturated carbocycles. The minimum Gasteiger partial charge on any atom is -0.393 e. The lowest BCUT2D eigenvalue weighted by Gasteiger charge is -2.63. The lowest BCUT2D eigenvalue weighted by Crippen LogP contribution is -2.56. The van der Waals surface area contributed by atoms with Gasteiger partial charge in [0.2, 0.25) is 10.0 Å². The van der Waals surface area contributed by atoms with Crippen LogP contribution in [0.3, 0.4) is 0 Å². The summed E-state index contributed by atoms with van der Waals surface area (Å²) in [7, 11) is -3.48. The van der Waals surface area contributed by atoms with Gasteiger partial charge in [0.25, 0.3) is 0 Å². The van der Waals surface area contributed by atoms with Crippen molar-refractivity contribution >= 4 is 16.1 Å². The van der Waals surface area contributed by atoms with Gasteiger partial charge in [0, 0.05) is 6.54 Å². The largest absolute Gasteiger partial charge is 0.393 e. The van der Waals surface area contributed by atoms with Gasteiger partial charge in [-0.15, -0.1) is 0 Å². The number of sulfonamides is 1. The molecule has 0 heterocycles. The number of fused-ring (bicyclic) bond motifs is 5. The molecule has 3 N–H and O–H groups in total. The number of carbonyl (C=O) groups excluding carboxylic acids is 1. The summed E-state index contributed by atoms with van der Waals surface area (Å²) in [6.07, 6.45) is 14.4. The van der Waals surface area contributed by atoms with Crippen LogP contribution in [0.25, 0.3) is 0 Å². The van der Waals surface area contributed by atoms with Crippen LogP contribution < -0.4 is 10.0 Å². The summed E-state index contributed by atoms with van der Waals surface area (Å²) in [6.45, 7) is 10.5. The Morgan fingerprint density at radius 2 is 1.68 bits per heavy atom. The van der Waals surface area contributed by atoms with E-state index in [1.807, 2.05) is 0 Å². The molecule has 2 amide bonds. The molecule has 0 aromatic rings. The number of aliphatic hydroxyl groups is 1. The molecule has 5 fully saturated rings. The zero-order valence-corrected chi connectivity index (χ0v) is 24.5. The molecule has 212 valence electrons. The number of hydrogen-bond donors (Lipinski definition) is 3. The molecule has 0 aliphatic heterocycles. The molecule has 0 bridgehead atoms. The number of hydrogen-bond acceptors (Lipinski definition) is 4. The topological polar surface area (TPSA) is 95.5 Å². The van der Waals surface area contributed by atoms with E-state index in [2.05, 4.69) is 37.7 Å². The summed E-state index contributed by atoms with van der Waals surface area (Å²) >= 11 is 0. The highest BCUT2D eigenvalue weighted by atomic mass is 32.2. The van der Waals surface area contributed by atoms with E-state index in [-0.39, 0.29) is 11.4 Å². The van der Waals surface area contributed by atoms with E-state index in [0.717, 1.165) is 55.3 Å². The van der Waals surface area contributed by atoms with Crippen molar-refractivity contribution in [1.82, 2.24) is 10.0 Å². The Kier molecular flexibility index (Phi) is 7.72. The molecule has 5 unspecified atom stereocenters. The smallest absolute Gasteiger partial charge is 0.328 e. The highest BCUT2D eigenvalue weighted by molar-refractivity contribution is 7.90. The van der Waals surface area contributed by atoms with Crippen LogP contribution in [0.4, 0.5) is 4.79 Å². The van der Waals surface area contributed by atoms with E-state index in [4.69, 9.17) is 0 Å². The van der Waals surface area contributed by atoms with Crippen molar-refractivity contribution in [3.63, 3.8) is 0 Å². The molecular formula is C30H52N2O4S.